The summed E-state index contributed by atoms with van der Waals surface area (Å²) in [6, 6.07) is 15.5. The van der Waals surface area contributed by atoms with Gasteiger partial charge in [-0.25, -0.2) is 9.97 Å². The number of anilines is 1. The van der Waals surface area contributed by atoms with Crippen molar-refractivity contribution in [3.8, 4) is 0 Å². The van der Waals surface area contributed by atoms with Gasteiger partial charge in [-0.2, -0.15) is 0 Å². The first-order chi connectivity index (χ1) is 14.7. The second-order valence-electron chi connectivity index (χ2n) is 7.21. The maximum atomic E-state index is 13.0. The van der Waals surface area contributed by atoms with Crippen LogP contribution in [0.15, 0.2) is 58.5 Å². The molecule has 5 rings (SSSR count). The number of rotatable bonds is 6. The maximum absolute atomic E-state index is 13.0. The van der Waals surface area contributed by atoms with Gasteiger partial charge in [0.25, 0.3) is 5.56 Å². The zero-order valence-electron chi connectivity index (χ0n) is 16.4. The smallest absolute Gasteiger partial charge is 0.262 e. The molecule has 1 aliphatic rings. The second-order valence-corrected chi connectivity index (χ2v) is 9.16. The van der Waals surface area contributed by atoms with Crippen LogP contribution < -0.4 is 10.5 Å². The van der Waals surface area contributed by atoms with Crippen molar-refractivity contribution < 1.29 is 4.79 Å². The standard InChI is InChI=1S/C22H20N4O2S2/c1-2-25(21-24-17-9-5-6-10-18(17)30-21)19(27)13-29-22-23-16-8-4-3-7-15(16)20(28)26(22)14-11-12-14/h3-10,14H,2,11-13H2,1H3. The summed E-state index contributed by atoms with van der Waals surface area (Å²) in [7, 11) is 0. The van der Waals surface area contributed by atoms with Gasteiger partial charge in [0.2, 0.25) is 5.91 Å². The summed E-state index contributed by atoms with van der Waals surface area (Å²) < 4.78 is 2.83. The summed E-state index contributed by atoms with van der Waals surface area (Å²) in [5, 5.41) is 1.95. The molecule has 152 valence electrons. The Kier molecular flexibility index (Phi) is 5.04. The molecular formula is C22H20N4O2S2. The van der Waals surface area contributed by atoms with E-state index in [9.17, 15) is 9.59 Å². The molecule has 0 aliphatic heterocycles. The molecule has 0 atom stereocenters. The number of nitrogens with zero attached hydrogens (tertiary/aromatic N) is 4. The molecule has 2 aromatic carbocycles. The average Bonchev–Trinajstić information content (AvgIpc) is 3.50. The number of carbonyl (C=O) groups is 1. The van der Waals surface area contributed by atoms with Crippen LogP contribution in [-0.2, 0) is 4.79 Å². The Balaban J connectivity index is 1.42. The van der Waals surface area contributed by atoms with Crippen molar-refractivity contribution >= 4 is 55.3 Å². The molecule has 1 saturated carbocycles. The van der Waals surface area contributed by atoms with Gasteiger partial charge in [0.1, 0.15) is 0 Å². The second kappa shape index (κ2) is 7.85. The minimum absolute atomic E-state index is 0.0171. The van der Waals surface area contributed by atoms with Gasteiger partial charge in [-0.05, 0) is 44.0 Å². The summed E-state index contributed by atoms with van der Waals surface area (Å²) >= 11 is 2.85. The number of carbonyl (C=O) groups excluding carboxylic acids is 1. The quantitative estimate of drug-likeness (QED) is 0.329. The lowest BCUT2D eigenvalue weighted by molar-refractivity contribution is -0.116. The Morgan fingerprint density at radius 2 is 1.87 bits per heavy atom. The predicted molar refractivity (Wildman–Crippen MR) is 123 cm³/mol. The van der Waals surface area contributed by atoms with E-state index < -0.39 is 0 Å². The highest BCUT2D eigenvalue weighted by Gasteiger charge is 2.29. The van der Waals surface area contributed by atoms with E-state index in [4.69, 9.17) is 4.98 Å². The molecule has 0 unspecified atom stereocenters. The first-order valence-electron chi connectivity index (χ1n) is 9.95. The van der Waals surface area contributed by atoms with E-state index in [-0.39, 0.29) is 23.3 Å². The molecule has 2 heterocycles. The Bertz CT molecular complexity index is 1280. The number of hydrogen-bond acceptors (Lipinski definition) is 6. The van der Waals surface area contributed by atoms with E-state index in [1.807, 2.05) is 55.5 Å². The van der Waals surface area contributed by atoms with Crippen LogP contribution in [0.4, 0.5) is 5.13 Å². The highest BCUT2D eigenvalue weighted by molar-refractivity contribution is 7.99. The summed E-state index contributed by atoms with van der Waals surface area (Å²) in [5.74, 6) is 0.174. The molecule has 1 amide bonds. The van der Waals surface area contributed by atoms with Gasteiger partial charge in [-0.15, -0.1) is 0 Å². The van der Waals surface area contributed by atoms with Gasteiger partial charge in [-0.3, -0.25) is 19.1 Å². The van der Waals surface area contributed by atoms with E-state index >= 15 is 0 Å². The Labute approximate surface area is 181 Å². The molecular weight excluding hydrogens is 416 g/mol. The predicted octanol–water partition coefficient (Wildman–Crippen LogP) is 4.49. The molecule has 0 spiro atoms. The fourth-order valence-electron chi connectivity index (χ4n) is 3.48. The first kappa shape index (κ1) is 19.3. The molecule has 1 aliphatic carbocycles. The summed E-state index contributed by atoms with van der Waals surface area (Å²) in [5.41, 5.74) is 1.56. The largest absolute Gasteiger partial charge is 0.288 e. The summed E-state index contributed by atoms with van der Waals surface area (Å²) in [6.45, 7) is 2.49. The van der Waals surface area contributed by atoms with E-state index in [2.05, 4.69) is 4.98 Å². The number of fused-ring (bicyclic) bond motifs is 2. The lowest BCUT2D eigenvalue weighted by Crippen LogP contribution is -2.32. The van der Waals surface area contributed by atoms with Crippen LogP contribution in [0.25, 0.3) is 21.1 Å². The van der Waals surface area contributed by atoms with Gasteiger partial charge in [0, 0.05) is 12.6 Å². The van der Waals surface area contributed by atoms with Crippen molar-refractivity contribution in [1.82, 2.24) is 14.5 Å². The van der Waals surface area contributed by atoms with Gasteiger partial charge in [0.05, 0.1) is 26.9 Å². The van der Waals surface area contributed by atoms with E-state index in [0.29, 0.717) is 27.7 Å². The molecule has 0 saturated heterocycles. The van der Waals surface area contributed by atoms with Crippen LogP contribution in [0.5, 0.6) is 0 Å². The number of aromatic nitrogens is 3. The van der Waals surface area contributed by atoms with Crippen molar-refractivity contribution in [3.63, 3.8) is 0 Å². The topological polar surface area (TPSA) is 68.1 Å². The van der Waals surface area contributed by atoms with Gasteiger partial charge in [0.15, 0.2) is 10.3 Å². The SMILES string of the molecule is CCN(C(=O)CSc1nc2ccccc2c(=O)n1C1CC1)c1nc2ccccc2s1. The highest BCUT2D eigenvalue weighted by atomic mass is 32.2. The monoisotopic (exact) mass is 436 g/mol. The minimum atomic E-state index is -0.0358. The van der Waals surface area contributed by atoms with Crippen LogP contribution in [0.2, 0.25) is 0 Å². The number of para-hydroxylation sites is 2. The highest BCUT2D eigenvalue weighted by Crippen LogP contribution is 2.37. The molecule has 30 heavy (non-hydrogen) atoms. The fraction of sp³-hybridized carbons (Fsp3) is 0.273. The summed E-state index contributed by atoms with van der Waals surface area (Å²) in [4.78, 5) is 37.0. The molecule has 0 radical (unpaired) electrons. The maximum Gasteiger partial charge on any atom is 0.262 e. The third-order valence-electron chi connectivity index (χ3n) is 5.14. The molecule has 6 nitrogen and oxygen atoms in total. The first-order valence-corrected chi connectivity index (χ1v) is 11.8. The number of thiazole rings is 1. The molecule has 4 aromatic rings. The molecule has 0 N–H and O–H groups in total. The van der Waals surface area contributed by atoms with Crippen molar-refractivity contribution in [3.05, 3.63) is 58.9 Å². The zero-order chi connectivity index (χ0) is 20.7. The average molecular weight is 437 g/mol. The van der Waals surface area contributed by atoms with Gasteiger partial charge in [-0.1, -0.05) is 47.4 Å². The molecule has 0 bridgehead atoms. The van der Waals surface area contributed by atoms with Crippen molar-refractivity contribution in [2.75, 3.05) is 17.2 Å². The number of amides is 1. The number of hydrogen-bond donors (Lipinski definition) is 0. The van der Waals surface area contributed by atoms with Crippen molar-refractivity contribution in [2.24, 2.45) is 0 Å². The minimum Gasteiger partial charge on any atom is -0.288 e. The third-order valence-corrected chi connectivity index (χ3v) is 7.14. The fourth-order valence-corrected chi connectivity index (χ4v) is 5.47. The van der Waals surface area contributed by atoms with Gasteiger partial charge >= 0.3 is 0 Å². The zero-order valence-corrected chi connectivity index (χ0v) is 18.1. The molecule has 2 aromatic heterocycles. The third kappa shape index (κ3) is 3.50. The van der Waals surface area contributed by atoms with Gasteiger partial charge < -0.3 is 0 Å². The lowest BCUT2D eigenvalue weighted by Gasteiger charge is -2.18. The number of thioether (sulfide) groups is 1. The summed E-state index contributed by atoms with van der Waals surface area (Å²) in [6.07, 6.45) is 1.96. The Hall–Kier alpha value is -2.71. The van der Waals surface area contributed by atoms with E-state index in [0.717, 1.165) is 23.1 Å². The van der Waals surface area contributed by atoms with Crippen molar-refractivity contribution in [2.45, 2.75) is 31.0 Å². The van der Waals surface area contributed by atoms with Crippen LogP contribution in [0, 0.1) is 0 Å². The van der Waals surface area contributed by atoms with E-state index in [1.165, 1.54) is 23.1 Å². The molecule has 8 heteroatoms. The molecule has 1 fully saturated rings. The van der Waals surface area contributed by atoms with Crippen molar-refractivity contribution in [1.29, 1.82) is 0 Å². The number of benzene rings is 2. The van der Waals surface area contributed by atoms with Crippen LogP contribution in [0.3, 0.4) is 0 Å². The lowest BCUT2D eigenvalue weighted by atomic mass is 10.2. The van der Waals surface area contributed by atoms with Crippen LogP contribution in [-0.4, -0.2) is 32.7 Å². The van der Waals surface area contributed by atoms with Crippen LogP contribution in [0.1, 0.15) is 25.8 Å². The normalized spacial score (nSPS) is 13.8. The van der Waals surface area contributed by atoms with E-state index in [1.54, 1.807) is 9.47 Å². The Morgan fingerprint density at radius 1 is 1.13 bits per heavy atom. The van der Waals surface area contributed by atoms with Crippen LogP contribution >= 0.6 is 23.1 Å². The Morgan fingerprint density at radius 3 is 2.60 bits per heavy atom.